The number of carbonyl (C=O) groups is 1. The summed E-state index contributed by atoms with van der Waals surface area (Å²) >= 11 is 0. The van der Waals surface area contributed by atoms with E-state index in [2.05, 4.69) is 29.6 Å². The van der Waals surface area contributed by atoms with Gasteiger partial charge in [-0.05, 0) is 46.4 Å². The number of aliphatic hydroxyl groups is 2. The lowest BCUT2D eigenvalue weighted by molar-refractivity contribution is 0.0135. The van der Waals surface area contributed by atoms with Gasteiger partial charge in [-0.15, -0.1) is 0 Å². The van der Waals surface area contributed by atoms with E-state index in [1.54, 1.807) is 6.07 Å². The Labute approximate surface area is 192 Å². The molecular formula is C26H27NO6. The molecular weight excluding hydrogens is 422 g/mol. The highest BCUT2D eigenvalue weighted by Gasteiger charge is 2.29. The Kier molecular flexibility index (Phi) is 6.82. The third kappa shape index (κ3) is 4.79. The molecule has 2 atom stereocenters. The van der Waals surface area contributed by atoms with Crippen molar-refractivity contribution in [3.8, 4) is 22.6 Å². The van der Waals surface area contributed by atoms with E-state index in [1.165, 1.54) is 19.2 Å². The highest BCUT2D eigenvalue weighted by molar-refractivity contribution is 5.79. The summed E-state index contributed by atoms with van der Waals surface area (Å²) in [5, 5.41) is 33.1. The van der Waals surface area contributed by atoms with Gasteiger partial charge in [-0.25, -0.2) is 4.79 Å². The number of rotatable bonds is 8. The van der Waals surface area contributed by atoms with E-state index in [1.807, 2.05) is 24.3 Å². The molecule has 0 aromatic heterocycles. The number of ether oxygens (including phenoxy) is 2. The molecule has 2 unspecified atom stereocenters. The minimum Gasteiger partial charge on any atom is -0.504 e. The fourth-order valence-electron chi connectivity index (χ4n) is 4.24. The number of alkyl carbamates (subject to hydrolysis) is 1. The van der Waals surface area contributed by atoms with E-state index < -0.39 is 18.3 Å². The fourth-order valence-corrected chi connectivity index (χ4v) is 4.24. The summed E-state index contributed by atoms with van der Waals surface area (Å²) in [5.41, 5.74) is 4.93. The number of methoxy groups -OCH3 is 1. The largest absolute Gasteiger partial charge is 0.504 e. The molecule has 0 radical (unpaired) electrons. The molecule has 7 nitrogen and oxygen atoms in total. The first-order chi connectivity index (χ1) is 16.0. The van der Waals surface area contributed by atoms with Crippen molar-refractivity contribution >= 4 is 6.09 Å². The molecule has 0 aliphatic heterocycles. The van der Waals surface area contributed by atoms with Gasteiger partial charge in [0, 0.05) is 12.5 Å². The van der Waals surface area contributed by atoms with Crippen molar-refractivity contribution in [2.45, 2.75) is 24.5 Å². The molecule has 33 heavy (non-hydrogen) atoms. The molecule has 0 spiro atoms. The lowest BCUT2D eigenvalue weighted by Crippen LogP contribution is -2.30. The topological polar surface area (TPSA) is 108 Å². The van der Waals surface area contributed by atoms with Crippen molar-refractivity contribution in [3.63, 3.8) is 0 Å². The van der Waals surface area contributed by atoms with Crippen molar-refractivity contribution in [1.29, 1.82) is 0 Å². The highest BCUT2D eigenvalue weighted by Crippen LogP contribution is 2.44. The Morgan fingerprint density at radius 1 is 1.00 bits per heavy atom. The van der Waals surface area contributed by atoms with Crippen molar-refractivity contribution in [2.24, 2.45) is 0 Å². The molecule has 7 heteroatoms. The summed E-state index contributed by atoms with van der Waals surface area (Å²) in [7, 11) is 1.43. The van der Waals surface area contributed by atoms with E-state index in [4.69, 9.17) is 9.47 Å². The van der Waals surface area contributed by atoms with Gasteiger partial charge in [0.25, 0.3) is 0 Å². The normalized spacial score (nSPS) is 14.2. The molecule has 0 saturated heterocycles. The second-order valence-corrected chi connectivity index (χ2v) is 7.98. The molecule has 1 amide bonds. The zero-order chi connectivity index (χ0) is 23.4. The fraction of sp³-hybridized carbons (Fsp3) is 0.269. The number of carbonyl (C=O) groups excluding carboxylic acids is 1. The maximum absolute atomic E-state index is 12.2. The Morgan fingerprint density at radius 3 is 2.24 bits per heavy atom. The predicted molar refractivity (Wildman–Crippen MR) is 123 cm³/mol. The number of benzene rings is 3. The zero-order valence-corrected chi connectivity index (χ0v) is 18.3. The van der Waals surface area contributed by atoms with Gasteiger partial charge in [0.2, 0.25) is 0 Å². The van der Waals surface area contributed by atoms with Gasteiger partial charge in [-0.1, -0.05) is 54.6 Å². The third-order valence-corrected chi connectivity index (χ3v) is 5.96. The Balaban J connectivity index is 1.28. The first-order valence-electron chi connectivity index (χ1n) is 10.8. The third-order valence-electron chi connectivity index (χ3n) is 5.96. The molecule has 4 N–H and O–H groups in total. The van der Waals surface area contributed by atoms with Gasteiger partial charge in [0.15, 0.2) is 11.5 Å². The van der Waals surface area contributed by atoms with Gasteiger partial charge in [0.1, 0.15) is 12.7 Å². The van der Waals surface area contributed by atoms with E-state index in [0.717, 1.165) is 22.3 Å². The predicted octanol–water partition coefficient (Wildman–Crippen LogP) is 3.72. The van der Waals surface area contributed by atoms with Gasteiger partial charge >= 0.3 is 6.09 Å². The standard InChI is InChI=1S/C26H27NO6/c1-32-24-11-10-16(14-23(24)29)25(30)22(28)12-13-27-26(31)33-15-21-19-8-4-2-6-17(19)18-7-3-5-9-20(18)21/h2-11,14,21-22,25,28-30H,12-13,15H2,1H3,(H,27,31). The van der Waals surface area contributed by atoms with Crippen LogP contribution >= 0.6 is 0 Å². The summed E-state index contributed by atoms with van der Waals surface area (Å²) in [6.45, 7) is 0.327. The van der Waals surface area contributed by atoms with Crippen LogP contribution in [0.3, 0.4) is 0 Å². The Bertz CT molecular complexity index is 1090. The molecule has 1 aliphatic rings. The number of phenols is 1. The number of aliphatic hydroxyl groups excluding tert-OH is 2. The van der Waals surface area contributed by atoms with Gasteiger partial charge in [0.05, 0.1) is 13.2 Å². The molecule has 172 valence electrons. The molecule has 1 aliphatic carbocycles. The average molecular weight is 450 g/mol. The monoisotopic (exact) mass is 449 g/mol. The Hall–Kier alpha value is -3.55. The van der Waals surface area contributed by atoms with Crippen LogP contribution in [0.1, 0.15) is 35.1 Å². The summed E-state index contributed by atoms with van der Waals surface area (Å²) in [6.07, 6.45) is -2.82. The molecule has 0 fully saturated rings. The SMILES string of the molecule is COc1ccc(C(O)C(O)CCNC(=O)OCC2c3ccccc3-c3ccccc32)cc1O. The van der Waals surface area contributed by atoms with Crippen LogP contribution in [0.25, 0.3) is 11.1 Å². The first-order valence-corrected chi connectivity index (χ1v) is 10.8. The summed E-state index contributed by atoms with van der Waals surface area (Å²) in [6, 6.07) is 20.6. The van der Waals surface area contributed by atoms with Crippen LogP contribution in [-0.2, 0) is 4.74 Å². The molecule has 3 aromatic rings. The second kappa shape index (κ2) is 9.94. The van der Waals surface area contributed by atoms with Crippen molar-refractivity contribution in [1.82, 2.24) is 5.32 Å². The number of fused-ring (bicyclic) bond motifs is 3. The van der Waals surface area contributed by atoms with E-state index in [9.17, 15) is 20.1 Å². The molecule has 0 bridgehead atoms. The smallest absolute Gasteiger partial charge is 0.407 e. The first kappa shape index (κ1) is 22.6. The van der Waals surface area contributed by atoms with Gasteiger partial charge < -0.3 is 30.1 Å². The van der Waals surface area contributed by atoms with E-state index in [0.29, 0.717) is 5.56 Å². The average Bonchev–Trinajstić information content (AvgIpc) is 3.16. The zero-order valence-electron chi connectivity index (χ0n) is 18.3. The van der Waals surface area contributed by atoms with Crippen LogP contribution in [0.5, 0.6) is 11.5 Å². The van der Waals surface area contributed by atoms with Crippen molar-refractivity contribution in [3.05, 3.63) is 83.4 Å². The second-order valence-electron chi connectivity index (χ2n) is 7.98. The number of hydrogen-bond donors (Lipinski definition) is 4. The van der Waals surface area contributed by atoms with Crippen LogP contribution in [0.15, 0.2) is 66.7 Å². The van der Waals surface area contributed by atoms with Gasteiger partial charge in [-0.3, -0.25) is 0 Å². The molecule has 3 aromatic carbocycles. The van der Waals surface area contributed by atoms with E-state index in [-0.39, 0.29) is 37.0 Å². The maximum atomic E-state index is 12.2. The molecule has 4 rings (SSSR count). The number of nitrogens with one attached hydrogen (secondary N) is 1. The highest BCUT2D eigenvalue weighted by atomic mass is 16.5. The Morgan fingerprint density at radius 2 is 1.64 bits per heavy atom. The lowest BCUT2D eigenvalue weighted by atomic mass is 9.98. The van der Waals surface area contributed by atoms with Crippen molar-refractivity contribution in [2.75, 3.05) is 20.3 Å². The van der Waals surface area contributed by atoms with Crippen LogP contribution in [0, 0.1) is 0 Å². The van der Waals surface area contributed by atoms with Crippen LogP contribution in [0.4, 0.5) is 4.79 Å². The lowest BCUT2D eigenvalue weighted by Gasteiger charge is -2.19. The van der Waals surface area contributed by atoms with Crippen LogP contribution in [0.2, 0.25) is 0 Å². The number of amides is 1. The van der Waals surface area contributed by atoms with Crippen molar-refractivity contribution < 1.29 is 29.6 Å². The minimum atomic E-state index is -1.22. The molecule has 0 saturated carbocycles. The number of phenolic OH excluding ortho intramolecular Hbond substituents is 1. The summed E-state index contributed by atoms with van der Waals surface area (Å²) < 4.78 is 10.4. The van der Waals surface area contributed by atoms with Crippen LogP contribution in [-0.4, -0.2) is 47.8 Å². The molecule has 0 heterocycles. The summed E-state index contributed by atoms with van der Waals surface area (Å²) in [5.74, 6) is 0.119. The quantitative estimate of drug-likeness (QED) is 0.417. The van der Waals surface area contributed by atoms with E-state index >= 15 is 0 Å². The number of aromatic hydroxyl groups is 1. The minimum absolute atomic E-state index is 0.0293. The van der Waals surface area contributed by atoms with Gasteiger partial charge in [-0.2, -0.15) is 0 Å². The maximum Gasteiger partial charge on any atom is 0.407 e. The van der Waals surface area contributed by atoms with Crippen LogP contribution < -0.4 is 10.1 Å². The number of hydrogen-bond acceptors (Lipinski definition) is 6. The summed E-state index contributed by atoms with van der Waals surface area (Å²) in [4.78, 5) is 12.2.